The van der Waals surface area contributed by atoms with Gasteiger partial charge in [0, 0.05) is 0 Å². The van der Waals surface area contributed by atoms with E-state index in [2.05, 4.69) is 30.6 Å². The summed E-state index contributed by atoms with van der Waals surface area (Å²) in [4.78, 5) is 0. The van der Waals surface area contributed by atoms with Crippen LogP contribution in [-0.4, -0.2) is 18.4 Å². The molecule has 0 saturated carbocycles. The molecule has 0 nitrogen and oxygen atoms in total. The predicted molar refractivity (Wildman–Crippen MR) is 98.2 cm³/mol. The molecule has 22 heavy (non-hydrogen) atoms. The average Bonchev–Trinajstić information content (AvgIpc) is 2.55. The predicted octanol–water partition coefficient (Wildman–Crippen LogP) is 6.57. The van der Waals surface area contributed by atoms with E-state index in [4.69, 9.17) is 0 Å². The van der Waals surface area contributed by atoms with E-state index in [1.807, 2.05) is 12.1 Å². The Morgan fingerprint density at radius 2 is 1.27 bits per heavy atom. The van der Waals surface area contributed by atoms with Crippen LogP contribution in [0.25, 0.3) is 0 Å². The van der Waals surface area contributed by atoms with Crippen molar-refractivity contribution in [3.8, 4) is 9.86 Å². The van der Waals surface area contributed by atoms with Crippen LogP contribution in [0.4, 0.5) is 4.39 Å². The van der Waals surface area contributed by atoms with Crippen LogP contribution in [0.15, 0.2) is 24.3 Å². The fourth-order valence-electron chi connectivity index (χ4n) is 2.85. The van der Waals surface area contributed by atoms with Crippen molar-refractivity contribution >= 4 is 18.4 Å². The fraction of sp³-hybridized carbons (Fsp3) is 0.600. The summed E-state index contributed by atoms with van der Waals surface area (Å²) in [5, 5.41) is 0. The van der Waals surface area contributed by atoms with Crippen molar-refractivity contribution in [2.24, 2.45) is 0 Å². The average molecular weight is 409 g/mol. The van der Waals surface area contributed by atoms with Gasteiger partial charge in [-0.15, -0.1) is 0 Å². The molecule has 0 unspecified atom stereocenters. The molecule has 0 aromatic heterocycles. The first-order valence-electron chi connectivity index (χ1n) is 8.94. The van der Waals surface area contributed by atoms with Crippen LogP contribution in [0.5, 0.6) is 0 Å². The number of unbranched alkanes of at least 4 members (excludes halogenated alkanes) is 3. The van der Waals surface area contributed by atoms with Gasteiger partial charge in [-0.25, -0.2) is 0 Å². The third kappa shape index (κ3) is 7.18. The van der Waals surface area contributed by atoms with Crippen LogP contribution in [0.3, 0.4) is 0 Å². The number of hydrogen-bond acceptors (Lipinski definition) is 0. The molecule has 122 valence electrons. The Hall–Kier alpha value is -0.491. The number of hydrogen-bond donors (Lipinski definition) is 0. The molecule has 2 heteroatoms. The molecule has 0 radical (unpaired) electrons. The van der Waals surface area contributed by atoms with Crippen LogP contribution in [0, 0.1) is 15.7 Å². The van der Waals surface area contributed by atoms with Gasteiger partial charge >= 0.3 is 141 Å². The van der Waals surface area contributed by atoms with E-state index in [1.54, 1.807) is 0 Å². The van der Waals surface area contributed by atoms with Crippen molar-refractivity contribution in [2.75, 3.05) is 0 Å². The van der Waals surface area contributed by atoms with E-state index in [9.17, 15) is 4.39 Å². The van der Waals surface area contributed by atoms with E-state index >= 15 is 0 Å². The van der Waals surface area contributed by atoms with Crippen LogP contribution >= 0.6 is 0 Å². The Kier molecular flexibility index (Phi) is 9.87. The monoisotopic (exact) mass is 410 g/mol. The van der Waals surface area contributed by atoms with Crippen molar-refractivity contribution < 1.29 is 4.39 Å². The molecule has 0 saturated heterocycles. The van der Waals surface area contributed by atoms with Gasteiger partial charge in [-0.05, 0) is 0 Å². The van der Waals surface area contributed by atoms with Crippen molar-refractivity contribution in [3.63, 3.8) is 0 Å². The molecular formula is C20H31FSn. The molecule has 0 spiro atoms. The summed E-state index contributed by atoms with van der Waals surface area (Å²) in [5.41, 5.74) is 0.979. The summed E-state index contributed by atoms with van der Waals surface area (Å²) in [6.07, 6.45) is 7.82. The Balaban J connectivity index is 2.96. The van der Waals surface area contributed by atoms with Crippen molar-refractivity contribution in [1.29, 1.82) is 0 Å². The van der Waals surface area contributed by atoms with Gasteiger partial charge in [0.1, 0.15) is 0 Å². The molecule has 0 fully saturated rings. The van der Waals surface area contributed by atoms with E-state index in [0.717, 1.165) is 5.56 Å². The van der Waals surface area contributed by atoms with Gasteiger partial charge < -0.3 is 0 Å². The van der Waals surface area contributed by atoms with Crippen LogP contribution < -0.4 is 0 Å². The van der Waals surface area contributed by atoms with Gasteiger partial charge in [-0.1, -0.05) is 0 Å². The quantitative estimate of drug-likeness (QED) is 0.320. The molecule has 0 N–H and O–H groups in total. The molecule has 0 heterocycles. The maximum absolute atomic E-state index is 13.0. The number of benzene rings is 1. The first-order chi connectivity index (χ1) is 10.7. The van der Waals surface area contributed by atoms with E-state index in [-0.39, 0.29) is 5.82 Å². The Morgan fingerprint density at radius 1 is 0.818 bits per heavy atom. The van der Waals surface area contributed by atoms with Crippen molar-refractivity contribution in [2.45, 2.75) is 72.6 Å². The molecule has 1 rings (SSSR count). The summed E-state index contributed by atoms with van der Waals surface area (Å²) in [6, 6.07) is 6.67. The first-order valence-corrected chi connectivity index (χ1v) is 16.4. The maximum atomic E-state index is 13.0. The molecule has 1 aromatic rings. The second kappa shape index (κ2) is 11.1. The molecule has 0 amide bonds. The molecule has 0 aliphatic rings. The van der Waals surface area contributed by atoms with Crippen LogP contribution in [0.2, 0.25) is 13.3 Å². The van der Waals surface area contributed by atoms with Crippen LogP contribution in [-0.2, 0) is 0 Å². The number of rotatable bonds is 9. The van der Waals surface area contributed by atoms with Crippen molar-refractivity contribution in [3.05, 3.63) is 35.6 Å². The molecule has 1 aromatic carbocycles. The first kappa shape index (κ1) is 19.6. The summed E-state index contributed by atoms with van der Waals surface area (Å²) in [7, 11) is 0. The molecular weight excluding hydrogens is 378 g/mol. The van der Waals surface area contributed by atoms with E-state index in [0.29, 0.717) is 0 Å². The summed E-state index contributed by atoms with van der Waals surface area (Å²) in [6.45, 7) is 6.84. The third-order valence-electron chi connectivity index (χ3n) is 4.34. The summed E-state index contributed by atoms with van der Waals surface area (Å²) >= 11 is -2.36. The minimum atomic E-state index is -2.36. The number of halogens is 1. The normalized spacial score (nSPS) is 11.1. The molecule has 0 bridgehead atoms. The Labute approximate surface area is 140 Å². The molecule has 0 aliphatic heterocycles. The van der Waals surface area contributed by atoms with E-state index in [1.165, 1.54) is 64.0 Å². The summed E-state index contributed by atoms with van der Waals surface area (Å²) in [5.74, 6) is 3.24. The van der Waals surface area contributed by atoms with Gasteiger partial charge in [0.15, 0.2) is 0 Å². The zero-order valence-corrected chi connectivity index (χ0v) is 17.4. The van der Waals surface area contributed by atoms with E-state index < -0.39 is 18.4 Å². The second-order valence-electron chi connectivity index (χ2n) is 6.35. The topological polar surface area (TPSA) is 0 Å². The van der Waals surface area contributed by atoms with Gasteiger partial charge in [0.05, 0.1) is 0 Å². The van der Waals surface area contributed by atoms with Gasteiger partial charge in [-0.3, -0.25) is 0 Å². The van der Waals surface area contributed by atoms with Gasteiger partial charge in [0.25, 0.3) is 0 Å². The van der Waals surface area contributed by atoms with Crippen LogP contribution in [0.1, 0.15) is 64.9 Å². The second-order valence-corrected chi connectivity index (χ2v) is 18.7. The molecule has 0 aliphatic carbocycles. The van der Waals surface area contributed by atoms with Gasteiger partial charge in [-0.2, -0.15) is 0 Å². The summed E-state index contributed by atoms with van der Waals surface area (Å²) < 4.78 is 21.0. The fourth-order valence-corrected chi connectivity index (χ4v) is 16.0. The van der Waals surface area contributed by atoms with Crippen molar-refractivity contribution in [1.82, 2.24) is 0 Å². The zero-order chi connectivity index (χ0) is 16.3. The standard InChI is InChI=1S/C8H4F.3C4H9.Sn/c1-2-7-3-5-8(9)6-4-7;3*1-3-4-2;/h3-6H;3*1,3-4H2,2H3;. The van der Waals surface area contributed by atoms with Gasteiger partial charge in [0.2, 0.25) is 0 Å². The zero-order valence-electron chi connectivity index (χ0n) is 14.6. The SMILES string of the molecule is CCC[CH2][Sn]([C]#Cc1ccc(F)cc1)([CH2]CCC)[CH2]CCC. The Bertz CT molecular complexity index is 445. The Morgan fingerprint density at radius 3 is 1.68 bits per heavy atom. The minimum absolute atomic E-state index is 0.178. The third-order valence-corrected chi connectivity index (χ3v) is 17.4. The molecule has 0 atom stereocenters.